The van der Waals surface area contributed by atoms with Crippen LogP contribution in [0.1, 0.15) is 32.3 Å². The summed E-state index contributed by atoms with van der Waals surface area (Å²) < 4.78 is 24.2. The second-order valence-corrected chi connectivity index (χ2v) is 6.24. The molecular weight excluding hydrogens is 293 g/mol. The molecule has 0 fully saturated rings. The van der Waals surface area contributed by atoms with Gasteiger partial charge in [0.1, 0.15) is 29.7 Å². The molecule has 5 heteroatoms. The van der Waals surface area contributed by atoms with Gasteiger partial charge < -0.3 is 14.5 Å². The van der Waals surface area contributed by atoms with Crippen LogP contribution in [-0.2, 0) is 13.2 Å². The Bertz CT molecular complexity index is 605. The third kappa shape index (κ3) is 5.06. The molecule has 0 spiro atoms. The van der Waals surface area contributed by atoms with Crippen LogP contribution in [0.15, 0.2) is 34.7 Å². The first kappa shape index (κ1) is 15.9. The number of halogens is 2. The molecule has 0 amide bonds. The summed E-state index contributed by atoms with van der Waals surface area (Å²) in [5.74, 6) is 1.60. The third-order valence-electron chi connectivity index (χ3n) is 2.78. The molecule has 1 aromatic carbocycles. The van der Waals surface area contributed by atoms with Crippen molar-refractivity contribution in [1.29, 1.82) is 0 Å². The molecule has 0 saturated carbocycles. The zero-order chi connectivity index (χ0) is 15.5. The predicted octanol–water partition coefficient (Wildman–Crippen LogP) is 4.54. The minimum atomic E-state index is -0.461. The van der Waals surface area contributed by atoms with Crippen molar-refractivity contribution in [2.75, 3.05) is 0 Å². The highest BCUT2D eigenvalue weighted by Crippen LogP contribution is 2.22. The average Bonchev–Trinajstić information content (AvgIpc) is 2.85. The molecule has 2 aromatic rings. The number of hydrogen-bond acceptors (Lipinski definition) is 3. The number of nitrogens with one attached hydrogen (secondary N) is 1. The molecule has 0 bridgehead atoms. The fourth-order valence-corrected chi connectivity index (χ4v) is 1.84. The Hall–Kier alpha value is -1.52. The topological polar surface area (TPSA) is 34.4 Å². The number of rotatable bonds is 5. The fourth-order valence-electron chi connectivity index (χ4n) is 1.67. The van der Waals surface area contributed by atoms with Crippen LogP contribution in [0.5, 0.6) is 5.75 Å². The molecule has 0 aliphatic carbocycles. The number of furan rings is 1. The number of hydrogen-bond donors (Lipinski definition) is 1. The third-order valence-corrected chi connectivity index (χ3v) is 3.07. The van der Waals surface area contributed by atoms with E-state index in [0.29, 0.717) is 18.1 Å². The largest absolute Gasteiger partial charge is 0.486 e. The van der Waals surface area contributed by atoms with Crippen LogP contribution >= 0.6 is 11.6 Å². The number of ether oxygens (including phenoxy) is 1. The lowest BCUT2D eigenvalue weighted by atomic mass is 10.1. The molecule has 0 unspecified atom stereocenters. The lowest BCUT2D eigenvalue weighted by Crippen LogP contribution is -2.34. The second-order valence-electron chi connectivity index (χ2n) is 5.84. The van der Waals surface area contributed by atoms with E-state index in [1.165, 1.54) is 18.2 Å². The summed E-state index contributed by atoms with van der Waals surface area (Å²) in [6.07, 6.45) is 0. The molecule has 3 nitrogen and oxygen atoms in total. The monoisotopic (exact) mass is 311 g/mol. The molecule has 114 valence electrons. The summed E-state index contributed by atoms with van der Waals surface area (Å²) in [6, 6.07) is 8.03. The van der Waals surface area contributed by atoms with Gasteiger partial charge in [-0.3, -0.25) is 0 Å². The van der Waals surface area contributed by atoms with E-state index in [4.69, 9.17) is 20.8 Å². The van der Waals surface area contributed by atoms with Gasteiger partial charge >= 0.3 is 0 Å². The van der Waals surface area contributed by atoms with Crippen molar-refractivity contribution in [3.05, 3.63) is 52.7 Å². The maximum Gasteiger partial charge on any atom is 0.146 e. The quantitative estimate of drug-likeness (QED) is 0.880. The van der Waals surface area contributed by atoms with Crippen molar-refractivity contribution in [1.82, 2.24) is 5.32 Å². The van der Waals surface area contributed by atoms with Crippen LogP contribution in [0.2, 0.25) is 5.02 Å². The van der Waals surface area contributed by atoms with Gasteiger partial charge in [0, 0.05) is 11.6 Å². The van der Waals surface area contributed by atoms with E-state index in [9.17, 15) is 4.39 Å². The van der Waals surface area contributed by atoms with Crippen LogP contribution < -0.4 is 10.1 Å². The summed E-state index contributed by atoms with van der Waals surface area (Å²) in [5.41, 5.74) is 0.0360. The molecule has 1 heterocycles. The molecule has 0 atom stereocenters. The predicted molar refractivity (Wildman–Crippen MR) is 81.0 cm³/mol. The van der Waals surface area contributed by atoms with E-state index in [-0.39, 0.29) is 17.2 Å². The van der Waals surface area contributed by atoms with Gasteiger partial charge in [-0.15, -0.1) is 0 Å². The van der Waals surface area contributed by atoms with E-state index in [0.717, 1.165) is 5.76 Å². The van der Waals surface area contributed by atoms with Gasteiger partial charge in [-0.05, 0) is 45.0 Å². The van der Waals surface area contributed by atoms with Crippen molar-refractivity contribution in [2.24, 2.45) is 0 Å². The maximum atomic E-state index is 13.0. The zero-order valence-corrected chi connectivity index (χ0v) is 13.1. The van der Waals surface area contributed by atoms with Gasteiger partial charge in [0.2, 0.25) is 0 Å². The Kier molecular flexibility index (Phi) is 4.91. The normalized spacial score (nSPS) is 11.7. The van der Waals surface area contributed by atoms with Gasteiger partial charge in [-0.1, -0.05) is 11.6 Å². The highest BCUT2D eigenvalue weighted by molar-refractivity contribution is 6.30. The zero-order valence-electron chi connectivity index (χ0n) is 12.4. The fraction of sp³-hybridized carbons (Fsp3) is 0.375. The highest BCUT2D eigenvalue weighted by atomic mass is 35.5. The summed E-state index contributed by atoms with van der Waals surface area (Å²) in [4.78, 5) is 0. The molecule has 1 N–H and O–H groups in total. The van der Waals surface area contributed by atoms with Crippen molar-refractivity contribution >= 4 is 11.6 Å². The second kappa shape index (κ2) is 6.50. The van der Waals surface area contributed by atoms with Gasteiger partial charge in [-0.25, -0.2) is 4.39 Å². The summed E-state index contributed by atoms with van der Waals surface area (Å²) in [6.45, 7) is 7.22. The maximum absolute atomic E-state index is 13.0. The Morgan fingerprint density at radius 1 is 1.19 bits per heavy atom. The van der Waals surface area contributed by atoms with Crippen molar-refractivity contribution in [2.45, 2.75) is 39.5 Å². The first-order valence-corrected chi connectivity index (χ1v) is 7.12. The molecule has 0 aliphatic rings. The van der Waals surface area contributed by atoms with Gasteiger partial charge in [0.15, 0.2) is 0 Å². The van der Waals surface area contributed by atoms with Crippen molar-refractivity contribution in [3.8, 4) is 5.75 Å². The smallest absolute Gasteiger partial charge is 0.146 e. The molecule has 0 aliphatic heterocycles. The van der Waals surface area contributed by atoms with Crippen LogP contribution in [0.25, 0.3) is 0 Å². The summed E-state index contributed by atoms with van der Waals surface area (Å²) in [5, 5.41) is 3.39. The lowest BCUT2D eigenvalue weighted by molar-refractivity contribution is 0.263. The molecule has 21 heavy (non-hydrogen) atoms. The van der Waals surface area contributed by atoms with Crippen LogP contribution in [0, 0.1) is 5.82 Å². The molecule has 2 rings (SSSR count). The van der Waals surface area contributed by atoms with E-state index in [2.05, 4.69) is 26.1 Å². The van der Waals surface area contributed by atoms with Crippen LogP contribution in [0.3, 0.4) is 0 Å². The standard InChI is InChI=1S/C16H19ClFNO2/c1-16(2,3)19-9-12-4-5-13(21-12)10-20-11-6-7-15(18)14(17)8-11/h4-8,19H,9-10H2,1-3H3. The summed E-state index contributed by atoms with van der Waals surface area (Å²) in [7, 11) is 0. The Morgan fingerprint density at radius 2 is 1.90 bits per heavy atom. The van der Waals surface area contributed by atoms with Gasteiger partial charge in [-0.2, -0.15) is 0 Å². The summed E-state index contributed by atoms with van der Waals surface area (Å²) >= 11 is 5.70. The van der Waals surface area contributed by atoms with E-state index < -0.39 is 5.82 Å². The molecule has 0 saturated heterocycles. The van der Waals surface area contributed by atoms with E-state index in [1.54, 1.807) is 0 Å². The van der Waals surface area contributed by atoms with Crippen LogP contribution in [0.4, 0.5) is 4.39 Å². The molecule has 0 radical (unpaired) electrons. The Morgan fingerprint density at radius 3 is 2.57 bits per heavy atom. The molecular formula is C16H19ClFNO2. The van der Waals surface area contributed by atoms with Crippen LogP contribution in [-0.4, -0.2) is 5.54 Å². The number of benzene rings is 1. The first-order chi connectivity index (χ1) is 9.83. The Balaban J connectivity index is 1.89. The molecule has 1 aromatic heterocycles. The minimum Gasteiger partial charge on any atom is -0.486 e. The lowest BCUT2D eigenvalue weighted by Gasteiger charge is -2.19. The highest BCUT2D eigenvalue weighted by Gasteiger charge is 2.10. The van der Waals surface area contributed by atoms with E-state index in [1.807, 2.05) is 12.1 Å². The first-order valence-electron chi connectivity index (χ1n) is 6.74. The van der Waals surface area contributed by atoms with Gasteiger partial charge in [0.25, 0.3) is 0 Å². The average molecular weight is 312 g/mol. The van der Waals surface area contributed by atoms with Gasteiger partial charge in [0.05, 0.1) is 11.6 Å². The minimum absolute atomic E-state index is 0.0360. The van der Waals surface area contributed by atoms with Crippen molar-refractivity contribution < 1.29 is 13.5 Å². The van der Waals surface area contributed by atoms with Crippen molar-refractivity contribution in [3.63, 3.8) is 0 Å². The SMILES string of the molecule is CC(C)(C)NCc1ccc(COc2ccc(F)c(Cl)c2)o1. The van der Waals surface area contributed by atoms with E-state index >= 15 is 0 Å². The Labute approximate surface area is 129 Å².